The maximum Gasteiger partial charge on any atom is 0.266 e. The number of rotatable bonds is 3. The number of hydrogen-bond donors (Lipinski definition) is 1. The number of para-hydroxylation sites is 1. The summed E-state index contributed by atoms with van der Waals surface area (Å²) in [5, 5.41) is 12.5. The molecule has 0 unspecified atom stereocenters. The zero-order valence-corrected chi connectivity index (χ0v) is 14.2. The number of benzene rings is 2. The van der Waals surface area contributed by atoms with Crippen molar-refractivity contribution in [2.24, 2.45) is 0 Å². The predicted octanol–water partition coefficient (Wildman–Crippen LogP) is 5.30. The van der Waals surface area contributed by atoms with Crippen molar-refractivity contribution in [2.45, 2.75) is 0 Å². The van der Waals surface area contributed by atoms with Crippen LogP contribution >= 0.6 is 39.1 Å². The Morgan fingerprint density at radius 2 is 1.91 bits per heavy atom. The highest BCUT2D eigenvalue weighted by Crippen LogP contribution is 2.27. The molecule has 0 aromatic heterocycles. The second-order valence-corrected chi connectivity index (χ2v) is 5.89. The Morgan fingerprint density at radius 3 is 2.59 bits per heavy atom. The summed E-state index contributed by atoms with van der Waals surface area (Å²) in [6.07, 6.45) is 1.40. The molecule has 110 valence electrons. The lowest BCUT2D eigenvalue weighted by molar-refractivity contribution is -0.112. The highest BCUT2D eigenvalue weighted by molar-refractivity contribution is 9.10. The molecule has 0 aliphatic rings. The van der Waals surface area contributed by atoms with Crippen LogP contribution in [0.25, 0.3) is 6.08 Å². The molecule has 2 rings (SSSR count). The molecule has 0 fully saturated rings. The number of hydrogen-bond acceptors (Lipinski definition) is 2. The van der Waals surface area contributed by atoms with E-state index >= 15 is 0 Å². The van der Waals surface area contributed by atoms with E-state index in [4.69, 9.17) is 23.2 Å². The Bertz CT molecular complexity index is 797. The van der Waals surface area contributed by atoms with Gasteiger partial charge in [0.05, 0.1) is 15.7 Å². The van der Waals surface area contributed by atoms with Crippen LogP contribution in [0.3, 0.4) is 0 Å². The Balaban J connectivity index is 2.30. The van der Waals surface area contributed by atoms with Gasteiger partial charge in [-0.05, 0) is 45.8 Å². The molecule has 0 saturated heterocycles. The van der Waals surface area contributed by atoms with Gasteiger partial charge in [-0.1, -0.05) is 47.5 Å². The molecule has 0 heterocycles. The summed E-state index contributed by atoms with van der Waals surface area (Å²) in [5.74, 6) is -0.523. The van der Waals surface area contributed by atoms with E-state index in [1.54, 1.807) is 36.4 Å². The molecule has 0 spiro atoms. The van der Waals surface area contributed by atoms with E-state index in [1.165, 1.54) is 6.08 Å². The number of carbonyl (C=O) groups excluding carboxylic acids is 1. The molecule has 6 heteroatoms. The van der Waals surface area contributed by atoms with E-state index in [0.717, 1.165) is 4.47 Å². The fourth-order valence-corrected chi connectivity index (χ4v) is 2.43. The maximum absolute atomic E-state index is 12.2. The third-order valence-electron chi connectivity index (χ3n) is 2.77. The first-order valence-electron chi connectivity index (χ1n) is 6.14. The van der Waals surface area contributed by atoms with Crippen molar-refractivity contribution < 1.29 is 4.79 Å². The second-order valence-electron chi connectivity index (χ2n) is 4.25. The van der Waals surface area contributed by atoms with Crippen molar-refractivity contribution in [3.8, 4) is 6.07 Å². The lowest BCUT2D eigenvalue weighted by Gasteiger charge is -2.07. The first-order valence-corrected chi connectivity index (χ1v) is 7.69. The van der Waals surface area contributed by atoms with Crippen molar-refractivity contribution in [2.75, 3.05) is 5.32 Å². The van der Waals surface area contributed by atoms with Crippen molar-refractivity contribution in [1.82, 2.24) is 0 Å². The Hall–Kier alpha value is -1.80. The van der Waals surface area contributed by atoms with Crippen molar-refractivity contribution in [3.63, 3.8) is 0 Å². The maximum atomic E-state index is 12.2. The van der Waals surface area contributed by atoms with Gasteiger partial charge in [-0.3, -0.25) is 4.79 Å². The molecule has 22 heavy (non-hydrogen) atoms. The van der Waals surface area contributed by atoms with E-state index in [9.17, 15) is 10.1 Å². The number of nitrogens with one attached hydrogen (secondary N) is 1. The van der Waals surface area contributed by atoms with Crippen LogP contribution in [-0.2, 0) is 4.79 Å². The monoisotopic (exact) mass is 394 g/mol. The summed E-state index contributed by atoms with van der Waals surface area (Å²) in [7, 11) is 0. The van der Waals surface area contributed by atoms with Crippen molar-refractivity contribution >= 4 is 56.8 Å². The van der Waals surface area contributed by atoms with Gasteiger partial charge >= 0.3 is 0 Å². The highest BCUT2D eigenvalue weighted by Gasteiger charge is 2.12. The number of carbonyl (C=O) groups is 1. The van der Waals surface area contributed by atoms with Crippen LogP contribution in [-0.4, -0.2) is 5.91 Å². The molecule has 2 aromatic carbocycles. The van der Waals surface area contributed by atoms with Gasteiger partial charge in [-0.25, -0.2) is 0 Å². The molecule has 0 atom stereocenters. The minimum atomic E-state index is -0.523. The molecule has 0 saturated carbocycles. The van der Waals surface area contributed by atoms with Crippen LogP contribution in [0.1, 0.15) is 5.56 Å². The van der Waals surface area contributed by atoms with Crippen LogP contribution in [0.2, 0.25) is 10.0 Å². The summed E-state index contributed by atoms with van der Waals surface area (Å²) in [6.45, 7) is 0. The average molecular weight is 396 g/mol. The fourth-order valence-electron chi connectivity index (χ4n) is 1.69. The quantitative estimate of drug-likeness (QED) is 0.566. The van der Waals surface area contributed by atoms with E-state index in [0.29, 0.717) is 21.3 Å². The molecular formula is C16H9BrCl2N2O. The van der Waals surface area contributed by atoms with Gasteiger partial charge in [0.15, 0.2) is 0 Å². The fraction of sp³-hybridized carbons (Fsp3) is 0. The third-order valence-corrected chi connectivity index (χ3v) is 4.29. The Labute approximate surface area is 146 Å². The molecule has 2 aromatic rings. The average Bonchev–Trinajstić information content (AvgIpc) is 2.51. The summed E-state index contributed by atoms with van der Waals surface area (Å²) >= 11 is 15.3. The van der Waals surface area contributed by atoms with Crippen LogP contribution in [0, 0.1) is 11.3 Å². The molecule has 3 nitrogen and oxygen atoms in total. The van der Waals surface area contributed by atoms with Gasteiger partial charge in [0.2, 0.25) is 0 Å². The standard InChI is InChI=1S/C16H9BrCl2N2O/c17-12-5-1-2-7-14(12)21-16(22)11(9-20)8-10-4-3-6-13(18)15(10)19/h1-8H,(H,21,22)/b11-8+. The number of nitriles is 1. The predicted molar refractivity (Wildman–Crippen MR) is 92.8 cm³/mol. The van der Waals surface area contributed by atoms with Gasteiger partial charge in [0.1, 0.15) is 11.6 Å². The second kappa shape index (κ2) is 7.46. The highest BCUT2D eigenvalue weighted by atomic mass is 79.9. The van der Waals surface area contributed by atoms with E-state index in [1.807, 2.05) is 12.1 Å². The van der Waals surface area contributed by atoms with Crippen LogP contribution < -0.4 is 5.32 Å². The minimum Gasteiger partial charge on any atom is -0.320 e. The normalized spacial score (nSPS) is 10.9. The lowest BCUT2D eigenvalue weighted by atomic mass is 10.1. The number of halogens is 3. The van der Waals surface area contributed by atoms with Gasteiger partial charge in [-0.15, -0.1) is 0 Å². The minimum absolute atomic E-state index is 0.0695. The Morgan fingerprint density at radius 1 is 1.18 bits per heavy atom. The molecular weight excluding hydrogens is 387 g/mol. The first kappa shape index (κ1) is 16.6. The largest absolute Gasteiger partial charge is 0.320 e. The smallest absolute Gasteiger partial charge is 0.266 e. The molecule has 0 aliphatic carbocycles. The molecule has 0 bridgehead atoms. The van der Waals surface area contributed by atoms with E-state index in [2.05, 4.69) is 21.2 Å². The third kappa shape index (κ3) is 3.89. The summed E-state index contributed by atoms with van der Waals surface area (Å²) in [5.41, 5.74) is 1.01. The number of nitrogens with zero attached hydrogens (tertiary/aromatic N) is 1. The van der Waals surface area contributed by atoms with Crippen molar-refractivity contribution in [3.05, 3.63) is 68.1 Å². The first-order chi connectivity index (χ1) is 10.5. The van der Waals surface area contributed by atoms with Gasteiger partial charge in [-0.2, -0.15) is 5.26 Å². The van der Waals surface area contributed by atoms with Gasteiger partial charge in [0.25, 0.3) is 5.91 Å². The molecule has 1 N–H and O–H groups in total. The summed E-state index contributed by atoms with van der Waals surface area (Å²) < 4.78 is 0.724. The van der Waals surface area contributed by atoms with Gasteiger partial charge < -0.3 is 5.32 Å². The summed E-state index contributed by atoms with van der Waals surface area (Å²) in [4.78, 5) is 12.2. The van der Waals surface area contributed by atoms with E-state index < -0.39 is 5.91 Å². The Kier molecular flexibility index (Phi) is 5.62. The topological polar surface area (TPSA) is 52.9 Å². The van der Waals surface area contributed by atoms with Crippen LogP contribution in [0.15, 0.2) is 52.5 Å². The van der Waals surface area contributed by atoms with Crippen LogP contribution in [0.5, 0.6) is 0 Å². The zero-order chi connectivity index (χ0) is 16.1. The summed E-state index contributed by atoms with van der Waals surface area (Å²) in [6, 6.07) is 14.0. The van der Waals surface area contributed by atoms with Gasteiger partial charge in [0, 0.05) is 4.47 Å². The molecule has 0 aliphatic heterocycles. The zero-order valence-electron chi connectivity index (χ0n) is 11.1. The SMILES string of the molecule is N#C/C(=C\c1cccc(Cl)c1Cl)C(=O)Nc1ccccc1Br. The van der Waals surface area contributed by atoms with E-state index in [-0.39, 0.29) is 5.57 Å². The van der Waals surface area contributed by atoms with Crippen molar-refractivity contribution in [1.29, 1.82) is 5.26 Å². The molecule has 1 amide bonds. The molecule has 0 radical (unpaired) electrons. The lowest BCUT2D eigenvalue weighted by Crippen LogP contribution is -2.13. The van der Waals surface area contributed by atoms with Crippen LogP contribution in [0.4, 0.5) is 5.69 Å². The number of anilines is 1. The number of amides is 1.